The van der Waals surface area contributed by atoms with Crippen molar-refractivity contribution in [2.24, 2.45) is 0 Å². The van der Waals surface area contributed by atoms with Crippen LogP contribution in [0.25, 0.3) is 0 Å². The van der Waals surface area contributed by atoms with Gasteiger partial charge in [0.05, 0.1) is 15.8 Å². The van der Waals surface area contributed by atoms with Crippen LogP contribution in [0.15, 0.2) is 30.3 Å². The zero-order valence-corrected chi connectivity index (χ0v) is 12.1. The van der Waals surface area contributed by atoms with E-state index in [-0.39, 0.29) is 11.3 Å². The Morgan fingerprint density at radius 1 is 1.40 bits per heavy atom. The molecule has 2 rings (SSSR count). The van der Waals surface area contributed by atoms with E-state index >= 15 is 0 Å². The van der Waals surface area contributed by atoms with Gasteiger partial charge in [-0.3, -0.25) is 14.9 Å². The van der Waals surface area contributed by atoms with Gasteiger partial charge < -0.3 is 4.90 Å². The number of carbonyl (C=O) groups excluding carboxylic acids is 1. The van der Waals surface area contributed by atoms with Gasteiger partial charge in [0.15, 0.2) is 0 Å². The number of anilines is 1. The molecule has 0 aliphatic carbocycles. The van der Waals surface area contributed by atoms with E-state index in [4.69, 9.17) is 11.6 Å². The third kappa shape index (κ3) is 3.15. The zero-order valence-electron chi connectivity index (χ0n) is 10.6. The van der Waals surface area contributed by atoms with E-state index in [1.807, 2.05) is 6.07 Å². The van der Waals surface area contributed by atoms with E-state index in [0.29, 0.717) is 22.9 Å². The van der Waals surface area contributed by atoms with Crippen molar-refractivity contribution < 1.29 is 9.72 Å². The number of benzene rings is 1. The second kappa shape index (κ2) is 6.02. The molecule has 0 N–H and O–H groups in total. The van der Waals surface area contributed by atoms with Crippen molar-refractivity contribution in [3.8, 4) is 0 Å². The molecule has 0 radical (unpaired) electrons. The van der Waals surface area contributed by atoms with Crippen molar-refractivity contribution in [2.75, 3.05) is 11.9 Å². The Bertz CT molecular complexity index is 657. The Balaban J connectivity index is 2.31. The summed E-state index contributed by atoms with van der Waals surface area (Å²) in [7, 11) is 1.76. The molecule has 0 aliphatic rings. The van der Waals surface area contributed by atoms with Crippen molar-refractivity contribution in [2.45, 2.75) is 6.54 Å². The van der Waals surface area contributed by atoms with Crippen molar-refractivity contribution in [3.63, 3.8) is 0 Å². The number of rotatable bonds is 5. The Labute approximate surface area is 124 Å². The van der Waals surface area contributed by atoms with E-state index in [1.54, 1.807) is 30.1 Å². The third-order valence-corrected chi connectivity index (χ3v) is 3.98. The highest BCUT2D eigenvalue weighted by molar-refractivity contribution is 7.16. The zero-order chi connectivity index (χ0) is 14.7. The third-order valence-electron chi connectivity index (χ3n) is 2.77. The number of aldehydes is 1. The van der Waals surface area contributed by atoms with Gasteiger partial charge in [-0.1, -0.05) is 11.6 Å². The van der Waals surface area contributed by atoms with E-state index in [1.165, 1.54) is 17.4 Å². The van der Waals surface area contributed by atoms with Crippen LogP contribution in [-0.4, -0.2) is 18.3 Å². The van der Waals surface area contributed by atoms with E-state index < -0.39 is 4.92 Å². The van der Waals surface area contributed by atoms with Gasteiger partial charge >= 0.3 is 0 Å². The molecule has 0 bridgehead atoms. The number of carbonyl (C=O) groups is 1. The van der Waals surface area contributed by atoms with Crippen LogP contribution in [0.1, 0.15) is 15.2 Å². The molecule has 0 aliphatic heterocycles. The van der Waals surface area contributed by atoms with Crippen LogP contribution < -0.4 is 4.90 Å². The maximum atomic E-state index is 11.1. The van der Waals surface area contributed by atoms with E-state index in [2.05, 4.69) is 0 Å². The lowest BCUT2D eigenvalue weighted by Gasteiger charge is -2.18. The molecule has 0 atom stereocenters. The monoisotopic (exact) mass is 310 g/mol. The molecule has 0 fully saturated rings. The molecule has 5 nitrogen and oxygen atoms in total. The van der Waals surface area contributed by atoms with Crippen molar-refractivity contribution >= 4 is 40.6 Å². The molecule has 2 aromatic rings. The fourth-order valence-electron chi connectivity index (χ4n) is 1.84. The van der Waals surface area contributed by atoms with Gasteiger partial charge in [-0.2, -0.15) is 0 Å². The number of nitro benzene ring substituents is 1. The largest absolute Gasteiger partial charge is 0.364 e. The molecule has 0 spiro atoms. The van der Waals surface area contributed by atoms with Crippen LogP contribution in [0.4, 0.5) is 11.4 Å². The number of thiophene rings is 1. The normalized spacial score (nSPS) is 10.3. The highest BCUT2D eigenvalue weighted by Gasteiger charge is 2.18. The van der Waals surface area contributed by atoms with Gasteiger partial charge in [0, 0.05) is 23.6 Å². The molecule has 1 aromatic carbocycles. The highest BCUT2D eigenvalue weighted by atomic mass is 35.5. The fourth-order valence-corrected chi connectivity index (χ4v) is 2.98. The second-order valence-electron chi connectivity index (χ2n) is 4.18. The summed E-state index contributed by atoms with van der Waals surface area (Å²) in [6.45, 7) is 0.513. The minimum absolute atomic E-state index is 0.0836. The summed E-state index contributed by atoms with van der Waals surface area (Å²) in [4.78, 5) is 24.1. The van der Waals surface area contributed by atoms with Crippen LogP contribution in [0.2, 0.25) is 4.34 Å². The molecule has 0 saturated carbocycles. The van der Waals surface area contributed by atoms with Crippen LogP contribution >= 0.6 is 22.9 Å². The summed E-state index contributed by atoms with van der Waals surface area (Å²) >= 11 is 7.29. The molecular weight excluding hydrogens is 300 g/mol. The second-order valence-corrected chi connectivity index (χ2v) is 5.98. The van der Waals surface area contributed by atoms with Gasteiger partial charge in [-0.25, -0.2) is 0 Å². The SMILES string of the molecule is CN(Cc1ccc(Cl)s1)c1ccc(C=O)cc1[N+](=O)[O-]. The van der Waals surface area contributed by atoms with Crippen molar-refractivity contribution in [3.05, 3.63) is 55.2 Å². The van der Waals surface area contributed by atoms with Gasteiger partial charge in [-0.05, 0) is 24.3 Å². The number of halogens is 1. The Hall–Kier alpha value is -1.92. The Kier molecular flexibility index (Phi) is 4.36. The quantitative estimate of drug-likeness (QED) is 0.479. The first-order valence-electron chi connectivity index (χ1n) is 5.70. The predicted octanol–water partition coefficient (Wildman–Crippen LogP) is 3.76. The number of hydrogen-bond donors (Lipinski definition) is 0. The van der Waals surface area contributed by atoms with Crippen molar-refractivity contribution in [1.29, 1.82) is 0 Å². The summed E-state index contributed by atoms with van der Waals surface area (Å²) in [6.07, 6.45) is 0.593. The Morgan fingerprint density at radius 3 is 2.70 bits per heavy atom. The molecule has 0 amide bonds. The summed E-state index contributed by atoms with van der Waals surface area (Å²) in [5, 5.41) is 11.1. The van der Waals surface area contributed by atoms with Crippen LogP contribution in [0.3, 0.4) is 0 Å². The minimum atomic E-state index is -0.486. The van der Waals surface area contributed by atoms with Crippen LogP contribution in [-0.2, 0) is 6.54 Å². The summed E-state index contributed by atoms with van der Waals surface area (Å²) in [5.41, 5.74) is 0.665. The molecule has 20 heavy (non-hydrogen) atoms. The van der Waals surface area contributed by atoms with E-state index in [9.17, 15) is 14.9 Å². The molecule has 104 valence electrons. The molecule has 7 heteroatoms. The van der Waals surface area contributed by atoms with Gasteiger partial charge in [0.2, 0.25) is 0 Å². The average molecular weight is 311 g/mol. The lowest BCUT2D eigenvalue weighted by atomic mass is 10.1. The number of hydrogen-bond acceptors (Lipinski definition) is 5. The minimum Gasteiger partial charge on any atom is -0.364 e. The number of nitrogens with zero attached hydrogens (tertiary/aromatic N) is 2. The standard InChI is InChI=1S/C13H11ClN2O3S/c1-15(7-10-3-5-13(14)20-10)11-4-2-9(8-17)6-12(11)16(18)19/h2-6,8H,7H2,1H3. The van der Waals surface area contributed by atoms with Crippen molar-refractivity contribution in [1.82, 2.24) is 0 Å². The molecule has 0 saturated heterocycles. The Morgan fingerprint density at radius 2 is 2.15 bits per heavy atom. The molecule has 1 heterocycles. The highest BCUT2D eigenvalue weighted by Crippen LogP contribution is 2.30. The fraction of sp³-hybridized carbons (Fsp3) is 0.154. The maximum absolute atomic E-state index is 11.1. The van der Waals surface area contributed by atoms with Crippen LogP contribution in [0.5, 0.6) is 0 Å². The first-order chi connectivity index (χ1) is 9.51. The van der Waals surface area contributed by atoms with Crippen LogP contribution in [0, 0.1) is 10.1 Å². The summed E-state index contributed by atoms with van der Waals surface area (Å²) in [6, 6.07) is 8.10. The van der Waals surface area contributed by atoms with Gasteiger partial charge in [0.1, 0.15) is 12.0 Å². The molecular formula is C13H11ClN2O3S. The molecule has 1 aromatic heterocycles. The topological polar surface area (TPSA) is 63.5 Å². The van der Waals surface area contributed by atoms with E-state index in [0.717, 1.165) is 4.88 Å². The summed E-state index contributed by atoms with van der Waals surface area (Å²) < 4.78 is 0.680. The predicted molar refractivity (Wildman–Crippen MR) is 79.9 cm³/mol. The summed E-state index contributed by atoms with van der Waals surface area (Å²) in [5.74, 6) is 0. The lowest BCUT2D eigenvalue weighted by molar-refractivity contribution is -0.384. The first-order valence-corrected chi connectivity index (χ1v) is 6.89. The van der Waals surface area contributed by atoms with Gasteiger partial charge in [0.25, 0.3) is 5.69 Å². The first kappa shape index (κ1) is 14.5. The number of nitro groups is 1. The average Bonchev–Trinajstić information content (AvgIpc) is 2.83. The smallest absolute Gasteiger partial charge is 0.293 e. The van der Waals surface area contributed by atoms with Gasteiger partial charge in [-0.15, -0.1) is 11.3 Å². The maximum Gasteiger partial charge on any atom is 0.293 e. The lowest BCUT2D eigenvalue weighted by Crippen LogP contribution is -2.17. The molecule has 0 unspecified atom stereocenters.